The molecular weight excluding hydrogens is 322 g/mol. The lowest BCUT2D eigenvalue weighted by atomic mass is 10.3. The first-order valence-corrected chi connectivity index (χ1v) is 6.95. The van der Waals surface area contributed by atoms with Gasteiger partial charge in [-0.2, -0.15) is 0 Å². The first kappa shape index (κ1) is 14.6. The fourth-order valence-corrected chi connectivity index (χ4v) is 2.28. The molecule has 20 heavy (non-hydrogen) atoms. The Morgan fingerprint density at radius 1 is 1.40 bits per heavy atom. The summed E-state index contributed by atoms with van der Waals surface area (Å²) in [5.74, 6) is 0.573. The Kier molecular flexibility index (Phi) is 4.81. The smallest absolute Gasteiger partial charge is 0.272 e. The van der Waals surface area contributed by atoms with E-state index >= 15 is 0 Å². The van der Waals surface area contributed by atoms with Gasteiger partial charge in [0.05, 0.1) is 0 Å². The summed E-state index contributed by atoms with van der Waals surface area (Å²) in [4.78, 5) is 12.1. The minimum absolute atomic E-state index is 0.158. The molecular formula is C14H16BrN3O2. The van der Waals surface area contributed by atoms with Gasteiger partial charge in [0.1, 0.15) is 18.1 Å². The Morgan fingerprint density at radius 2 is 2.10 bits per heavy atom. The summed E-state index contributed by atoms with van der Waals surface area (Å²) in [5, 5.41) is 2.83. The quantitative estimate of drug-likeness (QED) is 0.879. The number of ether oxygens (including phenoxy) is 1. The molecule has 1 heterocycles. The number of hydrogen-bond acceptors (Lipinski definition) is 3. The molecule has 106 valence electrons. The fourth-order valence-electron chi connectivity index (χ4n) is 1.76. The average molecular weight is 338 g/mol. The SMILES string of the molecule is Cn1cc(Br)cc1C(=O)Nc1ccc(OCCN)cc1. The molecule has 0 bridgehead atoms. The van der Waals surface area contributed by atoms with Crippen LogP contribution < -0.4 is 15.8 Å². The molecule has 6 heteroatoms. The molecule has 0 aliphatic heterocycles. The molecule has 0 fully saturated rings. The lowest BCUT2D eigenvalue weighted by Crippen LogP contribution is -2.15. The van der Waals surface area contributed by atoms with Gasteiger partial charge in [0.2, 0.25) is 0 Å². The van der Waals surface area contributed by atoms with Gasteiger partial charge in [-0.05, 0) is 46.3 Å². The Labute approximate surface area is 125 Å². The summed E-state index contributed by atoms with van der Waals surface area (Å²) in [7, 11) is 1.82. The second-order valence-corrected chi connectivity index (χ2v) is 5.19. The topological polar surface area (TPSA) is 69.3 Å². The van der Waals surface area contributed by atoms with E-state index in [0.717, 1.165) is 10.2 Å². The van der Waals surface area contributed by atoms with Gasteiger partial charge in [0, 0.05) is 29.9 Å². The highest BCUT2D eigenvalue weighted by atomic mass is 79.9. The van der Waals surface area contributed by atoms with Gasteiger partial charge in [0.15, 0.2) is 0 Å². The van der Waals surface area contributed by atoms with E-state index < -0.39 is 0 Å². The van der Waals surface area contributed by atoms with Crippen LogP contribution in [0.4, 0.5) is 5.69 Å². The molecule has 3 N–H and O–H groups in total. The number of nitrogens with zero attached hydrogens (tertiary/aromatic N) is 1. The second kappa shape index (κ2) is 6.58. The number of hydrogen-bond donors (Lipinski definition) is 2. The summed E-state index contributed by atoms with van der Waals surface area (Å²) in [5.41, 5.74) is 6.66. The highest BCUT2D eigenvalue weighted by Crippen LogP contribution is 2.18. The van der Waals surface area contributed by atoms with Gasteiger partial charge >= 0.3 is 0 Å². The molecule has 0 unspecified atom stereocenters. The van der Waals surface area contributed by atoms with Crippen molar-refractivity contribution in [3.63, 3.8) is 0 Å². The van der Waals surface area contributed by atoms with Crippen molar-refractivity contribution in [3.05, 3.63) is 46.7 Å². The van der Waals surface area contributed by atoms with E-state index in [1.54, 1.807) is 34.9 Å². The average Bonchev–Trinajstić information content (AvgIpc) is 2.77. The third-order valence-corrected chi connectivity index (χ3v) is 3.14. The predicted octanol–water partition coefficient (Wildman–Crippen LogP) is 2.38. The summed E-state index contributed by atoms with van der Waals surface area (Å²) >= 11 is 3.34. The minimum Gasteiger partial charge on any atom is -0.492 e. The van der Waals surface area contributed by atoms with Crippen LogP contribution in [-0.4, -0.2) is 23.6 Å². The third kappa shape index (κ3) is 3.61. The number of aromatic nitrogens is 1. The van der Waals surface area contributed by atoms with E-state index in [1.807, 2.05) is 13.2 Å². The summed E-state index contributed by atoms with van der Waals surface area (Å²) in [6.45, 7) is 0.948. The van der Waals surface area contributed by atoms with Crippen LogP contribution >= 0.6 is 15.9 Å². The molecule has 0 aliphatic carbocycles. The Bertz CT molecular complexity index is 593. The molecule has 0 saturated carbocycles. The van der Waals surface area contributed by atoms with Crippen LogP contribution in [0.15, 0.2) is 41.0 Å². The minimum atomic E-state index is -0.158. The zero-order valence-corrected chi connectivity index (χ0v) is 12.7. The molecule has 1 aromatic heterocycles. The highest BCUT2D eigenvalue weighted by Gasteiger charge is 2.11. The van der Waals surface area contributed by atoms with E-state index in [0.29, 0.717) is 24.5 Å². The van der Waals surface area contributed by atoms with E-state index in [9.17, 15) is 4.79 Å². The van der Waals surface area contributed by atoms with Gasteiger partial charge in [-0.15, -0.1) is 0 Å². The van der Waals surface area contributed by atoms with E-state index in [-0.39, 0.29) is 5.91 Å². The molecule has 0 aliphatic rings. The van der Waals surface area contributed by atoms with Gasteiger partial charge in [0.25, 0.3) is 5.91 Å². The van der Waals surface area contributed by atoms with Crippen molar-refractivity contribution >= 4 is 27.5 Å². The predicted molar refractivity (Wildman–Crippen MR) is 82.1 cm³/mol. The standard InChI is InChI=1S/C14H16BrN3O2/c1-18-9-10(15)8-13(18)14(19)17-11-2-4-12(5-3-11)20-7-6-16/h2-5,8-9H,6-7,16H2,1H3,(H,17,19). The zero-order valence-electron chi connectivity index (χ0n) is 11.1. The number of nitrogens with two attached hydrogens (primary N) is 1. The molecule has 0 atom stereocenters. The molecule has 0 radical (unpaired) electrons. The van der Waals surface area contributed by atoms with Crippen molar-refractivity contribution < 1.29 is 9.53 Å². The number of carbonyl (C=O) groups is 1. The Morgan fingerprint density at radius 3 is 2.65 bits per heavy atom. The first-order valence-electron chi connectivity index (χ1n) is 6.16. The largest absolute Gasteiger partial charge is 0.492 e. The monoisotopic (exact) mass is 337 g/mol. The Hall–Kier alpha value is -1.79. The maximum atomic E-state index is 12.1. The van der Waals surface area contributed by atoms with Gasteiger partial charge in [-0.1, -0.05) is 0 Å². The van der Waals surface area contributed by atoms with Gasteiger partial charge in [-0.3, -0.25) is 4.79 Å². The lowest BCUT2D eigenvalue weighted by molar-refractivity contribution is 0.101. The number of amides is 1. The van der Waals surface area contributed by atoms with Crippen molar-refractivity contribution in [1.29, 1.82) is 0 Å². The lowest BCUT2D eigenvalue weighted by Gasteiger charge is -2.08. The molecule has 0 spiro atoms. The molecule has 5 nitrogen and oxygen atoms in total. The van der Waals surface area contributed by atoms with Crippen LogP contribution in [0.2, 0.25) is 0 Å². The van der Waals surface area contributed by atoms with Crippen molar-refractivity contribution in [2.75, 3.05) is 18.5 Å². The van der Waals surface area contributed by atoms with E-state index in [4.69, 9.17) is 10.5 Å². The first-order chi connectivity index (χ1) is 9.60. The zero-order chi connectivity index (χ0) is 14.5. The van der Waals surface area contributed by atoms with Crippen LogP contribution in [0.1, 0.15) is 10.5 Å². The summed E-state index contributed by atoms with van der Waals surface area (Å²) in [6.07, 6.45) is 1.83. The fraction of sp³-hybridized carbons (Fsp3) is 0.214. The van der Waals surface area contributed by atoms with Crippen LogP contribution in [0.3, 0.4) is 0 Å². The van der Waals surface area contributed by atoms with Gasteiger partial charge in [-0.25, -0.2) is 0 Å². The number of aryl methyl sites for hydroxylation is 1. The number of nitrogens with one attached hydrogen (secondary N) is 1. The summed E-state index contributed by atoms with van der Waals surface area (Å²) in [6, 6.07) is 8.95. The maximum Gasteiger partial charge on any atom is 0.272 e. The summed E-state index contributed by atoms with van der Waals surface area (Å²) < 4.78 is 8.01. The van der Waals surface area contributed by atoms with E-state index in [2.05, 4.69) is 21.2 Å². The molecule has 2 rings (SSSR count). The van der Waals surface area contributed by atoms with Crippen LogP contribution in [0.5, 0.6) is 5.75 Å². The molecule has 1 amide bonds. The number of carbonyl (C=O) groups excluding carboxylic acids is 1. The molecule has 0 saturated heterocycles. The number of rotatable bonds is 5. The Balaban J connectivity index is 2.02. The highest BCUT2D eigenvalue weighted by molar-refractivity contribution is 9.10. The number of benzene rings is 1. The number of halogens is 1. The van der Waals surface area contributed by atoms with E-state index in [1.165, 1.54) is 0 Å². The van der Waals surface area contributed by atoms with Crippen molar-refractivity contribution in [3.8, 4) is 5.75 Å². The third-order valence-electron chi connectivity index (χ3n) is 2.70. The molecule has 1 aromatic carbocycles. The normalized spacial score (nSPS) is 10.3. The van der Waals surface area contributed by atoms with Crippen LogP contribution in [0.25, 0.3) is 0 Å². The van der Waals surface area contributed by atoms with Crippen LogP contribution in [-0.2, 0) is 7.05 Å². The maximum absolute atomic E-state index is 12.1. The van der Waals surface area contributed by atoms with Crippen LogP contribution in [0, 0.1) is 0 Å². The van der Waals surface area contributed by atoms with Crippen molar-refractivity contribution in [2.24, 2.45) is 12.8 Å². The van der Waals surface area contributed by atoms with Crippen molar-refractivity contribution in [1.82, 2.24) is 4.57 Å². The molecule has 2 aromatic rings. The second-order valence-electron chi connectivity index (χ2n) is 4.27. The van der Waals surface area contributed by atoms with Gasteiger partial charge < -0.3 is 20.4 Å². The van der Waals surface area contributed by atoms with Crippen molar-refractivity contribution in [2.45, 2.75) is 0 Å². The number of anilines is 1.